The fraction of sp³-hybridized carbons (Fsp3) is 0.333. The Morgan fingerprint density at radius 2 is 2.17 bits per heavy atom. The lowest BCUT2D eigenvalue weighted by Crippen LogP contribution is -2.38. The second-order valence-corrected chi connectivity index (χ2v) is 4.95. The highest BCUT2D eigenvalue weighted by Gasteiger charge is 2.19. The van der Waals surface area contributed by atoms with Crippen molar-refractivity contribution in [3.05, 3.63) is 34.3 Å². The van der Waals surface area contributed by atoms with E-state index in [2.05, 4.69) is 26.4 Å². The number of rotatable bonds is 4. The molecule has 5 nitrogen and oxygen atoms in total. The quantitative estimate of drug-likeness (QED) is 0.344. The summed E-state index contributed by atoms with van der Waals surface area (Å²) in [5.74, 6) is -1.05. The predicted molar refractivity (Wildman–Crippen MR) is 73.3 cm³/mol. The van der Waals surface area contributed by atoms with E-state index < -0.39 is 5.92 Å². The molecule has 18 heavy (non-hydrogen) atoms. The number of hydrogen-bond acceptors (Lipinski definition) is 3. The Labute approximate surface area is 114 Å². The van der Waals surface area contributed by atoms with Gasteiger partial charge < -0.3 is 16.3 Å². The number of carbonyl (C=O) groups excluding carboxylic acids is 1. The highest BCUT2D eigenvalue weighted by Crippen LogP contribution is 2.18. The van der Waals surface area contributed by atoms with Gasteiger partial charge in [0.1, 0.15) is 0 Å². The summed E-state index contributed by atoms with van der Waals surface area (Å²) >= 11 is 3.38. The van der Waals surface area contributed by atoms with Crippen LogP contribution in [0, 0.1) is 5.92 Å². The summed E-state index contributed by atoms with van der Waals surface area (Å²) in [5.41, 5.74) is 6.36. The molecule has 0 heterocycles. The fourth-order valence-electron chi connectivity index (χ4n) is 1.42. The lowest BCUT2D eigenvalue weighted by atomic mass is 10.1. The molecule has 0 aromatic heterocycles. The number of carbonyl (C=O) groups is 1. The molecule has 0 saturated carbocycles. The van der Waals surface area contributed by atoms with Gasteiger partial charge in [-0.2, -0.15) is 0 Å². The summed E-state index contributed by atoms with van der Waals surface area (Å²) in [6.07, 6.45) is 0. The first kappa shape index (κ1) is 14.5. The van der Waals surface area contributed by atoms with Crippen molar-refractivity contribution in [2.24, 2.45) is 16.8 Å². The molecule has 0 fully saturated rings. The van der Waals surface area contributed by atoms with Gasteiger partial charge in [0, 0.05) is 4.47 Å². The number of amides is 1. The van der Waals surface area contributed by atoms with E-state index in [0.717, 1.165) is 10.0 Å². The number of nitrogens with one attached hydrogen (secondary N) is 1. The van der Waals surface area contributed by atoms with E-state index in [1.165, 1.54) is 0 Å². The second-order valence-electron chi connectivity index (χ2n) is 4.03. The molecule has 1 aromatic carbocycles. The Morgan fingerprint density at radius 3 is 2.72 bits per heavy atom. The number of hydrogen-bond donors (Lipinski definition) is 3. The van der Waals surface area contributed by atoms with Crippen molar-refractivity contribution >= 4 is 27.7 Å². The molecule has 0 aliphatic heterocycles. The molecule has 4 N–H and O–H groups in total. The predicted octanol–water partition coefficient (Wildman–Crippen LogP) is 2.01. The maximum Gasteiger partial charge on any atom is 0.231 e. The van der Waals surface area contributed by atoms with Gasteiger partial charge in [-0.3, -0.25) is 4.79 Å². The van der Waals surface area contributed by atoms with Gasteiger partial charge in [-0.05, 0) is 31.5 Å². The van der Waals surface area contributed by atoms with Crippen LogP contribution in [0.2, 0.25) is 0 Å². The molecule has 2 atom stereocenters. The Hall–Kier alpha value is -1.56. The molecule has 0 bridgehead atoms. The van der Waals surface area contributed by atoms with Crippen molar-refractivity contribution in [1.82, 2.24) is 5.32 Å². The average Bonchev–Trinajstić information content (AvgIpc) is 2.36. The molecule has 0 saturated heterocycles. The Kier molecular flexibility index (Phi) is 5.15. The van der Waals surface area contributed by atoms with Gasteiger partial charge in [-0.15, -0.1) is 0 Å². The van der Waals surface area contributed by atoms with Gasteiger partial charge in [-0.1, -0.05) is 33.2 Å². The third-order valence-corrected chi connectivity index (χ3v) is 3.15. The molecule has 1 amide bonds. The molecule has 2 unspecified atom stereocenters. The minimum atomic E-state index is -0.662. The van der Waals surface area contributed by atoms with Crippen LogP contribution in [-0.4, -0.2) is 17.0 Å². The maximum absolute atomic E-state index is 11.8. The fourth-order valence-corrected chi connectivity index (χ4v) is 1.84. The average molecular weight is 314 g/mol. The van der Waals surface area contributed by atoms with E-state index in [1.807, 2.05) is 31.2 Å². The second kappa shape index (κ2) is 6.39. The van der Waals surface area contributed by atoms with E-state index >= 15 is 0 Å². The summed E-state index contributed by atoms with van der Waals surface area (Å²) in [7, 11) is 0. The zero-order valence-electron chi connectivity index (χ0n) is 10.2. The zero-order chi connectivity index (χ0) is 13.7. The monoisotopic (exact) mass is 313 g/mol. The molecule has 0 spiro atoms. The standard InChI is InChI=1S/C12H16BrN3O2/c1-7(11(14)16-18)12(17)15-8(2)9-4-3-5-10(13)6-9/h3-8,18H,1-2H3,(H2,14,16)(H,15,17). The number of benzene rings is 1. The van der Waals surface area contributed by atoms with Crippen LogP contribution < -0.4 is 11.1 Å². The SMILES string of the molecule is CC(C(=O)NC(C)c1cccc(Br)c1)C(N)=NO. The molecule has 0 aliphatic carbocycles. The smallest absolute Gasteiger partial charge is 0.231 e. The van der Waals surface area contributed by atoms with Gasteiger partial charge in [0.2, 0.25) is 5.91 Å². The van der Waals surface area contributed by atoms with Crippen LogP contribution in [0.3, 0.4) is 0 Å². The van der Waals surface area contributed by atoms with Crippen molar-refractivity contribution in [3.63, 3.8) is 0 Å². The Morgan fingerprint density at radius 1 is 1.50 bits per heavy atom. The topological polar surface area (TPSA) is 87.7 Å². The number of oxime groups is 1. The minimum Gasteiger partial charge on any atom is -0.409 e. The van der Waals surface area contributed by atoms with Gasteiger partial charge >= 0.3 is 0 Å². The summed E-state index contributed by atoms with van der Waals surface area (Å²) in [6.45, 7) is 3.46. The van der Waals surface area contributed by atoms with E-state index in [-0.39, 0.29) is 17.8 Å². The van der Waals surface area contributed by atoms with Crippen molar-refractivity contribution < 1.29 is 10.0 Å². The summed E-state index contributed by atoms with van der Waals surface area (Å²) in [5, 5.41) is 14.2. The Balaban J connectivity index is 2.71. The molecule has 6 heteroatoms. The molecule has 98 valence electrons. The largest absolute Gasteiger partial charge is 0.409 e. The van der Waals surface area contributed by atoms with Crippen LogP contribution in [0.5, 0.6) is 0 Å². The third-order valence-electron chi connectivity index (χ3n) is 2.66. The van der Waals surface area contributed by atoms with E-state index in [4.69, 9.17) is 10.9 Å². The number of nitrogens with two attached hydrogens (primary N) is 1. The van der Waals surface area contributed by atoms with Crippen LogP contribution in [-0.2, 0) is 4.79 Å². The molecule has 0 radical (unpaired) electrons. The van der Waals surface area contributed by atoms with Gasteiger partial charge in [0.05, 0.1) is 12.0 Å². The molecular formula is C12H16BrN3O2. The lowest BCUT2D eigenvalue weighted by molar-refractivity contribution is -0.123. The number of amidine groups is 1. The highest BCUT2D eigenvalue weighted by atomic mass is 79.9. The minimum absolute atomic E-state index is 0.103. The van der Waals surface area contributed by atoms with Crippen LogP contribution in [0.1, 0.15) is 25.5 Å². The van der Waals surface area contributed by atoms with Crippen molar-refractivity contribution in [2.45, 2.75) is 19.9 Å². The summed E-state index contributed by atoms with van der Waals surface area (Å²) in [6, 6.07) is 7.51. The lowest BCUT2D eigenvalue weighted by Gasteiger charge is -2.17. The molecule has 1 rings (SSSR count). The first-order valence-electron chi connectivity index (χ1n) is 5.49. The third kappa shape index (κ3) is 3.73. The van der Waals surface area contributed by atoms with Crippen LogP contribution in [0.4, 0.5) is 0 Å². The highest BCUT2D eigenvalue weighted by molar-refractivity contribution is 9.10. The maximum atomic E-state index is 11.8. The molecule has 1 aromatic rings. The van der Waals surface area contributed by atoms with Crippen LogP contribution >= 0.6 is 15.9 Å². The van der Waals surface area contributed by atoms with Gasteiger partial charge in [0.25, 0.3) is 0 Å². The molecular weight excluding hydrogens is 298 g/mol. The van der Waals surface area contributed by atoms with Gasteiger partial charge in [-0.25, -0.2) is 0 Å². The first-order chi connectivity index (χ1) is 8.45. The van der Waals surface area contributed by atoms with Crippen LogP contribution in [0.25, 0.3) is 0 Å². The van der Waals surface area contributed by atoms with E-state index in [9.17, 15) is 4.79 Å². The van der Waals surface area contributed by atoms with Crippen molar-refractivity contribution in [3.8, 4) is 0 Å². The summed E-state index contributed by atoms with van der Waals surface area (Å²) < 4.78 is 0.950. The first-order valence-corrected chi connectivity index (χ1v) is 6.28. The van der Waals surface area contributed by atoms with E-state index in [0.29, 0.717) is 0 Å². The number of halogens is 1. The van der Waals surface area contributed by atoms with E-state index in [1.54, 1.807) is 6.92 Å². The van der Waals surface area contributed by atoms with Crippen molar-refractivity contribution in [1.29, 1.82) is 0 Å². The normalized spacial score (nSPS) is 14.9. The van der Waals surface area contributed by atoms with Gasteiger partial charge in [0.15, 0.2) is 5.84 Å². The Bertz CT molecular complexity index is 462. The number of nitrogens with zero attached hydrogens (tertiary/aromatic N) is 1. The summed E-state index contributed by atoms with van der Waals surface area (Å²) in [4.78, 5) is 11.8. The van der Waals surface area contributed by atoms with Crippen molar-refractivity contribution in [2.75, 3.05) is 0 Å². The van der Waals surface area contributed by atoms with Crippen LogP contribution in [0.15, 0.2) is 33.9 Å². The zero-order valence-corrected chi connectivity index (χ0v) is 11.8. The molecule has 0 aliphatic rings.